The average molecular weight is 275 g/mol. The fourth-order valence-corrected chi connectivity index (χ4v) is 4.82. The van der Waals surface area contributed by atoms with E-state index in [4.69, 9.17) is 4.74 Å². The van der Waals surface area contributed by atoms with Gasteiger partial charge in [-0.3, -0.25) is 0 Å². The van der Waals surface area contributed by atoms with E-state index < -0.39 is 10.2 Å². The molecule has 3 heterocycles. The molecule has 18 heavy (non-hydrogen) atoms. The van der Waals surface area contributed by atoms with Crippen LogP contribution in [0.3, 0.4) is 0 Å². The van der Waals surface area contributed by atoms with Crippen molar-refractivity contribution in [3.8, 4) is 0 Å². The molecular weight excluding hydrogens is 254 g/mol. The van der Waals surface area contributed by atoms with Crippen LogP contribution < -0.4 is 5.32 Å². The smallest absolute Gasteiger partial charge is 0.282 e. The SMILES string of the molecule is O=S(=O)(N1CCOCC1)N1CCC2NCCC2C1. The average Bonchev–Trinajstić information content (AvgIpc) is 2.87. The van der Waals surface area contributed by atoms with Crippen molar-refractivity contribution in [1.82, 2.24) is 13.9 Å². The molecule has 3 saturated heterocycles. The topological polar surface area (TPSA) is 61.9 Å². The van der Waals surface area contributed by atoms with Gasteiger partial charge in [-0.1, -0.05) is 0 Å². The maximum absolute atomic E-state index is 12.5. The number of piperidine rings is 1. The molecule has 0 aromatic rings. The molecule has 6 nitrogen and oxygen atoms in total. The Balaban J connectivity index is 1.69. The molecule has 7 heteroatoms. The zero-order valence-corrected chi connectivity index (χ0v) is 11.4. The molecule has 0 spiro atoms. The van der Waals surface area contributed by atoms with Crippen LogP contribution in [0.4, 0.5) is 0 Å². The van der Waals surface area contributed by atoms with Gasteiger partial charge in [0, 0.05) is 32.2 Å². The first kappa shape index (κ1) is 12.8. The third-order valence-electron chi connectivity index (χ3n) is 4.24. The summed E-state index contributed by atoms with van der Waals surface area (Å²) in [6.45, 7) is 4.36. The number of ether oxygens (including phenoxy) is 1. The van der Waals surface area contributed by atoms with Gasteiger partial charge in [0.1, 0.15) is 0 Å². The van der Waals surface area contributed by atoms with Gasteiger partial charge >= 0.3 is 0 Å². The van der Waals surface area contributed by atoms with Crippen LogP contribution in [0, 0.1) is 5.92 Å². The number of morpholine rings is 1. The van der Waals surface area contributed by atoms with Crippen molar-refractivity contribution in [3.63, 3.8) is 0 Å². The first-order chi connectivity index (χ1) is 8.68. The first-order valence-electron chi connectivity index (χ1n) is 6.74. The Kier molecular flexibility index (Phi) is 3.59. The number of rotatable bonds is 2. The molecule has 3 aliphatic heterocycles. The van der Waals surface area contributed by atoms with Crippen molar-refractivity contribution < 1.29 is 13.2 Å². The van der Waals surface area contributed by atoms with E-state index in [1.165, 1.54) is 0 Å². The van der Waals surface area contributed by atoms with E-state index in [2.05, 4.69) is 5.32 Å². The fraction of sp³-hybridized carbons (Fsp3) is 1.00. The Hall–Kier alpha value is -0.210. The third-order valence-corrected chi connectivity index (χ3v) is 6.24. The Labute approximate surface area is 108 Å². The molecular formula is C11H21N3O3S. The highest BCUT2D eigenvalue weighted by molar-refractivity contribution is 7.86. The molecule has 1 N–H and O–H groups in total. The van der Waals surface area contributed by atoms with Crippen LogP contribution in [0.2, 0.25) is 0 Å². The highest BCUT2D eigenvalue weighted by Crippen LogP contribution is 2.27. The number of hydrogen-bond acceptors (Lipinski definition) is 4. The van der Waals surface area contributed by atoms with Gasteiger partial charge in [0.05, 0.1) is 13.2 Å². The molecule has 0 amide bonds. The van der Waals surface area contributed by atoms with E-state index in [9.17, 15) is 8.42 Å². The van der Waals surface area contributed by atoms with Crippen molar-refractivity contribution in [2.75, 3.05) is 45.9 Å². The van der Waals surface area contributed by atoms with E-state index >= 15 is 0 Å². The highest BCUT2D eigenvalue weighted by Gasteiger charge is 2.39. The molecule has 3 fully saturated rings. The third kappa shape index (κ3) is 2.30. The van der Waals surface area contributed by atoms with E-state index in [-0.39, 0.29) is 0 Å². The maximum atomic E-state index is 12.5. The molecule has 0 bridgehead atoms. The second-order valence-electron chi connectivity index (χ2n) is 5.28. The Morgan fingerprint density at radius 3 is 2.61 bits per heavy atom. The Morgan fingerprint density at radius 1 is 1.06 bits per heavy atom. The molecule has 2 unspecified atom stereocenters. The summed E-state index contributed by atoms with van der Waals surface area (Å²) in [6, 6.07) is 0.529. The molecule has 104 valence electrons. The van der Waals surface area contributed by atoms with Gasteiger partial charge in [-0.2, -0.15) is 17.0 Å². The Bertz CT molecular complexity index is 394. The Morgan fingerprint density at radius 2 is 1.83 bits per heavy atom. The highest BCUT2D eigenvalue weighted by atomic mass is 32.2. The van der Waals surface area contributed by atoms with Crippen molar-refractivity contribution in [2.45, 2.75) is 18.9 Å². The lowest BCUT2D eigenvalue weighted by atomic mass is 9.95. The van der Waals surface area contributed by atoms with Gasteiger partial charge in [0.15, 0.2) is 0 Å². The molecule has 3 aliphatic rings. The van der Waals surface area contributed by atoms with Gasteiger partial charge < -0.3 is 10.1 Å². The molecule has 2 atom stereocenters. The predicted octanol–water partition coefficient (Wildman–Crippen LogP) is -0.753. The van der Waals surface area contributed by atoms with E-state index in [0.717, 1.165) is 19.4 Å². The van der Waals surface area contributed by atoms with Crippen LogP contribution in [0.1, 0.15) is 12.8 Å². The number of fused-ring (bicyclic) bond motifs is 1. The van der Waals surface area contributed by atoms with Crippen molar-refractivity contribution >= 4 is 10.2 Å². The van der Waals surface area contributed by atoms with Crippen LogP contribution in [-0.4, -0.2) is 69.0 Å². The quantitative estimate of drug-likeness (QED) is 0.720. The molecule has 0 aliphatic carbocycles. The monoisotopic (exact) mass is 275 g/mol. The summed E-state index contributed by atoms with van der Waals surface area (Å²) in [4.78, 5) is 0. The number of hydrogen-bond donors (Lipinski definition) is 1. The summed E-state index contributed by atoms with van der Waals surface area (Å²) in [5, 5.41) is 3.45. The lowest BCUT2D eigenvalue weighted by Gasteiger charge is -2.37. The van der Waals surface area contributed by atoms with Crippen molar-refractivity contribution in [3.05, 3.63) is 0 Å². The van der Waals surface area contributed by atoms with Crippen LogP contribution >= 0.6 is 0 Å². The molecule has 3 rings (SSSR count). The fourth-order valence-electron chi connectivity index (χ4n) is 3.16. The molecule has 0 aromatic carbocycles. The van der Waals surface area contributed by atoms with Crippen molar-refractivity contribution in [2.24, 2.45) is 5.92 Å². The van der Waals surface area contributed by atoms with Gasteiger partial charge in [-0.15, -0.1) is 0 Å². The number of nitrogens with zero attached hydrogens (tertiary/aromatic N) is 2. The minimum absolute atomic E-state index is 0.491. The minimum atomic E-state index is -3.26. The zero-order chi connectivity index (χ0) is 12.6. The summed E-state index contributed by atoms with van der Waals surface area (Å²) in [5.41, 5.74) is 0. The van der Waals surface area contributed by atoms with E-state index in [1.807, 2.05) is 0 Å². The summed E-state index contributed by atoms with van der Waals surface area (Å²) < 4.78 is 33.5. The predicted molar refractivity (Wildman–Crippen MR) is 67.4 cm³/mol. The lowest BCUT2D eigenvalue weighted by molar-refractivity contribution is 0.0689. The van der Waals surface area contributed by atoms with Crippen molar-refractivity contribution in [1.29, 1.82) is 0 Å². The standard InChI is InChI=1S/C11H21N3O3S/c15-18(16,13-5-7-17-8-6-13)14-4-2-11-10(9-14)1-3-12-11/h10-12H,1-9H2. The lowest BCUT2D eigenvalue weighted by Crippen LogP contribution is -2.53. The van der Waals surface area contributed by atoms with Gasteiger partial charge in [-0.25, -0.2) is 0 Å². The molecule has 0 aromatic heterocycles. The maximum Gasteiger partial charge on any atom is 0.282 e. The second kappa shape index (κ2) is 5.05. The number of nitrogens with one attached hydrogen (secondary N) is 1. The summed E-state index contributed by atoms with van der Waals surface area (Å²) >= 11 is 0. The summed E-state index contributed by atoms with van der Waals surface area (Å²) in [6.07, 6.45) is 2.04. The first-order valence-corrected chi connectivity index (χ1v) is 8.14. The normalized spacial score (nSPS) is 35.6. The zero-order valence-electron chi connectivity index (χ0n) is 10.5. The van der Waals surface area contributed by atoms with Gasteiger partial charge in [0.2, 0.25) is 0 Å². The molecule has 0 saturated carbocycles. The van der Waals surface area contributed by atoms with Gasteiger partial charge in [-0.05, 0) is 25.3 Å². The van der Waals surface area contributed by atoms with E-state index in [1.54, 1.807) is 8.61 Å². The minimum Gasteiger partial charge on any atom is -0.379 e. The second-order valence-corrected chi connectivity index (χ2v) is 7.20. The largest absolute Gasteiger partial charge is 0.379 e. The van der Waals surface area contributed by atoms with E-state index in [0.29, 0.717) is 51.4 Å². The van der Waals surface area contributed by atoms with Gasteiger partial charge in [0.25, 0.3) is 10.2 Å². The van der Waals surface area contributed by atoms with Crippen LogP contribution in [0.5, 0.6) is 0 Å². The summed E-state index contributed by atoms with van der Waals surface area (Å²) in [5.74, 6) is 0.495. The van der Waals surface area contributed by atoms with Crippen LogP contribution in [-0.2, 0) is 14.9 Å². The van der Waals surface area contributed by atoms with Crippen LogP contribution in [0.25, 0.3) is 0 Å². The van der Waals surface area contributed by atoms with Crippen LogP contribution in [0.15, 0.2) is 0 Å². The summed E-state index contributed by atoms with van der Waals surface area (Å²) in [7, 11) is -3.26. The molecule has 0 radical (unpaired) electrons.